The van der Waals surface area contributed by atoms with Crippen molar-refractivity contribution in [3.05, 3.63) is 0 Å². The first-order chi connectivity index (χ1) is 4.59. The molecule has 0 amide bonds. The lowest BCUT2D eigenvalue weighted by Crippen LogP contribution is -2.43. The van der Waals surface area contributed by atoms with Gasteiger partial charge >= 0.3 is 0 Å². The standard InChI is InChI=1S/C8H20N2/c1-6-9-7(2)8(3)10(4)5/h7-9H,6H2,1-5H3. The Morgan fingerprint density at radius 2 is 1.80 bits per heavy atom. The van der Waals surface area contributed by atoms with Crippen molar-refractivity contribution in [2.75, 3.05) is 20.6 Å². The summed E-state index contributed by atoms with van der Waals surface area (Å²) in [5.41, 5.74) is 0. The minimum atomic E-state index is 0.583. The van der Waals surface area contributed by atoms with Gasteiger partial charge in [0.2, 0.25) is 0 Å². The Bertz CT molecular complexity index is 81.3. The van der Waals surface area contributed by atoms with Crippen LogP contribution in [0.5, 0.6) is 0 Å². The first kappa shape index (κ1) is 9.92. The SMILES string of the molecule is CCNC(C)C(C)N(C)C. The molecule has 0 aromatic carbocycles. The zero-order chi connectivity index (χ0) is 8.15. The van der Waals surface area contributed by atoms with Crippen LogP contribution >= 0.6 is 0 Å². The summed E-state index contributed by atoms with van der Waals surface area (Å²) in [4.78, 5) is 2.23. The van der Waals surface area contributed by atoms with Crippen molar-refractivity contribution in [1.82, 2.24) is 10.2 Å². The van der Waals surface area contributed by atoms with Gasteiger partial charge in [-0.25, -0.2) is 0 Å². The Morgan fingerprint density at radius 1 is 1.30 bits per heavy atom. The molecule has 0 saturated carbocycles. The molecule has 0 aliphatic carbocycles. The van der Waals surface area contributed by atoms with E-state index >= 15 is 0 Å². The lowest BCUT2D eigenvalue weighted by atomic mass is 10.1. The monoisotopic (exact) mass is 144 g/mol. The molecule has 0 aromatic heterocycles. The van der Waals surface area contributed by atoms with E-state index in [4.69, 9.17) is 0 Å². The van der Waals surface area contributed by atoms with Gasteiger partial charge in [0.05, 0.1) is 0 Å². The molecule has 0 heterocycles. The molecule has 2 heteroatoms. The highest BCUT2D eigenvalue weighted by Gasteiger charge is 2.11. The van der Waals surface area contributed by atoms with Crippen molar-refractivity contribution in [3.8, 4) is 0 Å². The predicted molar refractivity (Wildman–Crippen MR) is 46.3 cm³/mol. The third kappa shape index (κ3) is 3.18. The van der Waals surface area contributed by atoms with Crippen LogP contribution in [0.3, 0.4) is 0 Å². The lowest BCUT2D eigenvalue weighted by molar-refractivity contribution is 0.257. The average molecular weight is 144 g/mol. The van der Waals surface area contributed by atoms with Crippen LogP contribution in [0.2, 0.25) is 0 Å². The van der Waals surface area contributed by atoms with E-state index in [1.54, 1.807) is 0 Å². The van der Waals surface area contributed by atoms with Crippen LogP contribution in [0.25, 0.3) is 0 Å². The number of likely N-dealkylation sites (N-methyl/N-ethyl adjacent to an activating group) is 2. The van der Waals surface area contributed by atoms with Crippen LogP contribution in [0.1, 0.15) is 20.8 Å². The maximum atomic E-state index is 3.38. The zero-order valence-electron chi connectivity index (χ0n) is 7.81. The summed E-state index contributed by atoms with van der Waals surface area (Å²) >= 11 is 0. The summed E-state index contributed by atoms with van der Waals surface area (Å²) in [6, 6.07) is 1.19. The normalized spacial score (nSPS) is 17.4. The van der Waals surface area contributed by atoms with Crippen molar-refractivity contribution in [3.63, 3.8) is 0 Å². The molecule has 0 rings (SSSR count). The number of rotatable bonds is 4. The topological polar surface area (TPSA) is 15.3 Å². The van der Waals surface area contributed by atoms with Crippen molar-refractivity contribution in [2.24, 2.45) is 0 Å². The van der Waals surface area contributed by atoms with E-state index in [0.717, 1.165) is 6.54 Å². The molecule has 62 valence electrons. The fourth-order valence-electron chi connectivity index (χ4n) is 0.940. The van der Waals surface area contributed by atoms with Gasteiger partial charge in [0.1, 0.15) is 0 Å². The molecule has 2 nitrogen and oxygen atoms in total. The molecule has 2 atom stereocenters. The third-order valence-electron chi connectivity index (χ3n) is 2.06. The van der Waals surface area contributed by atoms with E-state index in [2.05, 4.69) is 45.1 Å². The number of hydrogen-bond acceptors (Lipinski definition) is 2. The largest absolute Gasteiger partial charge is 0.313 e. The molecule has 1 N–H and O–H groups in total. The second kappa shape index (κ2) is 4.69. The van der Waals surface area contributed by atoms with Gasteiger partial charge in [-0.2, -0.15) is 0 Å². The van der Waals surface area contributed by atoms with Gasteiger partial charge in [-0.15, -0.1) is 0 Å². The summed E-state index contributed by atoms with van der Waals surface area (Å²) < 4.78 is 0. The molecule has 0 saturated heterocycles. The van der Waals surface area contributed by atoms with Gasteiger partial charge in [-0.1, -0.05) is 6.92 Å². The summed E-state index contributed by atoms with van der Waals surface area (Å²) in [5, 5.41) is 3.38. The molecule has 0 aromatic rings. The van der Waals surface area contributed by atoms with Gasteiger partial charge in [0.25, 0.3) is 0 Å². The van der Waals surface area contributed by atoms with Crippen molar-refractivity contribution < 1.29 is 0 Å². The fraction of sp³-hybridized carbons (Fsp3) is 1.00. The summed E-state index contributed by atoms with van der Waals surface area (Å²) in [6.07, 6.45) is 0. The molecule has 0 spiro atoms. The van der Waals surface area contributed by atoms with Gasteiger partial charge in [-0.3, -0.25) is 0 Å². The summed E-state index contributed by atoms with van der Waals surface area (Å²) in [7, 11) is 4.22. The highest BCUT2D eigenvalue weighted by molar-refractivity contribution is 4.72. The van der Waals surface area contributed by atoms with E-state index in [9.17, 15) is 0 Å². The Morgan fingerprint density at radius 3 is 2.10 bits per heavy atom. The van der Waals surface area contributed by atoms with Gasteiger partial charge in [0.15, 0.2) is 0 Å². The molecule has 0 bridgehead atoms. The highest BCUT2D eigenvalue weighted by Crippen LogP contribution is 1.97. The molecule has 0 aliphatic heterocycles. The molecule has 0 fully saturated rings. The van der Waals surface area contributed by atoms with Crippen molar-refractivity contribution in [2.45, 2.75) is 32.9 Å². The van der Waals surface area contributed by atoms with Crippen LogP contribution < -0.4 is 5.32 Å². The molecule has 2 unspecified atom stereocenters. The third-order valence-corrected chi connectivity index (χ3v) is 2.06. The minimum Gasteiger partial charge on any atom is -0.313 e. The second-order valence-electron chi connectivity index (χ2n) is 3.05. The second-order valence-corrected chi connectivity index (χ2v) is 3.05. The number of hydrogen-bond donors (Lipinski definition) is 1. The lowest BCUT2D eigenvalue weighted by Gasteiger charge is -2.26. The van der Waals surface area contributed by atoms with E-state index in [0.29, 0.717) is 12.1 Å². The quantitative estimate of drug-likeness (QED) is 0.631. The Hall–Kier alpha value is -0.0800. The maximum Gasteiger partial charge on any atom is 0.0212 e. The van der Waals surface area contributed by atoms with Gasteiger partial charge < -0.3 is 10.2 Å². The van der Waals surface area contributed by atoms with Crippen LogP contribution in [0, 0.1) is 0 Å². The Kier molecular flexibility index (Phi) is 4.65. The zero-order valence-corrected chi connectivity index (χ0v) is 7.81. The average Bonchev–Trinajstić information content (AvgIpc) is 1.87. The minimum absolute atomic E-state index is 0.583. The molecule has 0 radical (unpaired) electrons. The number of nitrogens with one attached hydrogen (secondary N) is 1. The van der Waals surface area contributed by atoms with Crippen molar-refractivity contribution >= 4 is 0 Å². The van der Waals surface area contributed by atoms with E-state index in [-0.39, 0.29) is 0 Å². The first-order valence-corrected chi connectivity index (χ1v) is 3.99. The molecular formula is C8H20N2. The fourth-order valence-corrected chi connectivity index (χ4v) is 0.940. The van der Waals surface area contributed by atoms with Crippen LogP contribution in [0.4, 0.5) is 0 Å². The van der Waals surface area contributed by atoms with Crippen LogP contribution in [0.15, 0.2) is 0 Å². The van der Waals surface area contributed by atoms with E-state index < -0.39 is 0 Å². The van der Waals surface area contributed by atoms with Gasteiger partial charge in [0, 0.05) is 12.1 Å². The Balaban J connectivity index is 3.58. The number of nitrogens with zero attached hydrogens (tertiary/aromatic N) is 1. The van der Waals surface area contributed by atoms with Crippen molar-refractivity contribution in [1.29, 1.82) is 0 Å². The summed E-state index contributed by atoms with van der Waals surface area (Å²) in [6.45, 7) is 7.64. The highest BCUT2D eigenvalue weighted by atomic mass is 15.1. The summed E-state index contributed by atoms with van der Waals surface area (Å²) in [5.74, 6) is 0. The smallest absolute Gasteiger partial charge is 0.0212 e. The predicted octanol–water partition coefficient (Wildman–Crippen LogP) is 0.935. The van der Waals surface area contributed by atoms with E-state index in [1.165, 1.54) is 0 Å². The molecular weight excluding hydrogens is 124 g/mol. The first-order valence-electron chi connectivity index (χ1n) is 3.99. The van der Waals surface area contributed by atoms with Crippen LogP contribution in [-0.2, 0) is 0 Å². The van der Waals surface area contributed by atoms with Gasteiger partial charge in [-0.05, 0) is 34.5 Å². The maximum absolute atomic E-state index is 3.38. The molecule has 10 heavy (non-hydrogen) atoms. The van der Waals surface area contributed by atoms with Crippen LogP contribution in [-0.4, -0.2) is 37.6 Å². The molecule has 0 aliphatic rings. The Labute approximate surface area is 64.6 Å². The van der Waals surface area contributed by atoms with E-state index in [1.807, 2.05) is 0 Å².